The molecule has 10 nitrogen and oxygen atoms in total. The Morgan fingerprint density at radius 1 is 1.05 bits per heavy atom. The molecule has 0 fully saturated rings. The Morgan fingerprint density at radius 2 is 1.86 bits per heavy atom. The number of hydrogen-bond donors (Lipinski definition) is 3. The molecule has 2 amide bonds. The summed E-state index contributed by atoms with van der Waals surface area (Å²) in [6, 6.07) is 18.7. The molecular weight excluding hydrogens is 537 g/mol. The number of aliphatic imine (C=N–C) groups is 1. The molecule has 1 aliphatic rings. The molecule has 3 N–H and O–H groups in total. The number of benzodiazepines with no additional fused rings is 1. The number of aromatic nitrogens is 4. The van der Waals surface area contributed by atoms with Gasteiger partial charge in [0.2, 0.25) is 6.17 Å². The Morgan fingerprint density at radius 3 is 2.60 bits per heavy atom. The second kappa shape index (κ2) is 10.6. The zero-order valence-corrected chi connectivity index (χ0v) is 22.7. The number of amides is 2. The van der Waals surface area contributed by atoms with Gasteiger partial charge in [-0.3, -0.25) is 14.6 Å². The molecule has 5 aromatic rings. The van der Waals surface area contributed by atoms with E-state index in [-0.39, 0.29) is 16.9 Å². The van der Waals surface area contributed by atoms with Crippen molar-refractivity contribution >= 4 is 28.9 Å². The van der Waals surface area contributed by atoms with E-state index in [1.54, 1.807) is 62.6 Å². The first kappa shape index (κ1) is 26.9. The highest BCUT2D eigenvalue weighted by atomic mass is 19.1. The highest BCUT2D eigenvalue weighted by molar-refractivity contribution is 6.20. The number of rotatable bonds is 6. The van der Waals surface area contributed by atoms with Crippen LogP contribution in [0, 0.1) is 5.82 Å². The average Bonchev–Trinajstić information content (AvgIpc) is 3.29. The second-order valence-corrected chi connectivity index (χ2v) is 10.5. The molecular formula is C31H26FN7O3. The number of nitrogens with one attached hydrogen (secondary N) is 2. The van der Waals surface area contributed by atoms with Gasteiger partial charge in [-0.25, -0.2) is 18.9 Å². The third-order valence-corrected chi connectivity index (χ3v) is 6.67. The summed E-state index contributed by atoms with van der Waals surface area (Å²) in [7, 11) is 0. The number of carbonyl (C=O) groups excluding carboxylic acids is 2. The maximum atomic E-state index is 14.9. The summed E-state index contributed by atoms with van der Waals surface area (Å²) in [4.78, 5) is 40.6. The lowest BCUT2D eigenvalue weighted by Crippen LogP contribution is -2.42. The van der Waals surface area contributed by atoms with Crippen molar-refractivity contribution in [3.63, 3.8) is 0 Å². The van der Waals surface area contributed by atoms with E-state index in [1.807, 2.05) is 18.2 Å². The van der Waals surface area contributed by atoms with E-state index in [9.17, 15) is 19.1 Å². The fourth-order valence-electron chi connectivity index (χ4n) is 4.83. The minimum atomic E-state index is -1.39. The van der Waals surface area contributed by atoms with E-state index in [0.717, 1.165) is 0 Å². The van der Waals surface area contributed by atoms with Gasteiger partial charge in [0.25, 0.3) is 11.8 Å². The van der Waals surface area contributed by atoms with Crippen molar-refractivity contribution in [2.24, 2.45) is 4.99 Å². The van der Waals surface area contributed by atoms with Gasteiger partial charge in [-0.15, -0.1) is 0 Å². The van der Waals surface area contributed by atoms with Crippen LogP contribution in [0.3, 0.4) is 0 Å². The molecule has 0 spiro atoms. The van der Waals surface area contributed by atoms with Gasteiger partial charge in [0.1, 0.15) is 17.1 Å². The Bertz CT molecular complexity index is 1840. The van der Waals surface area contributed by atoms with Crippen LogP contribution < -0.4 is 10.6 Å². The highest BCUT2D eigenvalue weighted by Gasteiger charge is 2.31. The maximum Gasteiger partial charge on any atom is 0.269 e. The van der Waals surface area contributed by atoms with Gasteiger partial charge < -0.3 is 15.7 Å². The van der Waals surface area contributed by atoms with Crippen molar-refractivity contribution in [3.05, 3.63) is 114 Å². The number of para-hydroxylation sites is 1. The third kappa shape index (κ3) is 5.25. The zero-order chi connectivity index (χ0) is 29.4. The molecule has 210 valence electrons. The molecule has 0 radical (unpaired) electrons. The molecule has 2 aromatic carbocycles. The number of aliphatic hydroxyl groups is 1. The second-order valence-electron chi connectivity index (χ2n) is 10.5. The minimum absolute atomic E-state index is 0.0163. The summed E-state index contributed by atoms with van der Waals surface area (Å²) < 4.78 is 16.3. The Labute approximate surface area is 240 Å². The van der Waals surface area contributed by atoms with E-state index < -0.39 is 29.4 Å². The molecule has 11 heteroatoms. The molecule has 1 aliphatic heterocycles. The number of pyridine rings is 1. The van der Waals surface area contributed by atoms with E-state index in [2.05, 4.69) is 30.7 Å². The lowest BCUT2D eigenvalue weighted by Gasteiger charge is -2.16. The van der Waals surface area contributed by atoms with Crippen LogP contribution in [-0.4, -0.2) is 54.0 Å². The van der Waals surface area contributed by atoms with Crippen LogP contribution in [0.2, 0.25) is 0 Å². The van der Waals surface area contributed by atoms with Crippen LogP contribution in [0.4, 0.5) is 10.1 Å². The van der Waals surface area contributed by atoms with Crippen LogP contribution in [-0.2, 0) is 11.2 Å². The fourth-order valence-corrected chi connectivity index (χ4v) is 4.83. The molecule has 0 saturated carbocycles. The monoisotopic (exact) mass is 563 g/mol. The quantitative estimate of drug-likeness (QED) is 0.288. The SMILES string of the molecule is CC(C)(O)Cc1ccc(-c2nn3cccnc3c2C(=O)N[C@H]2N=C(c3ccccc3)c3cccc(F)c3NC2=O)cn1. The van der Waals surface area contributed by atoms with Crippen molar-refractivity contribution in [2.45, 2.75) is 32.0 Å². The van der Waals surface area contributed by atoms with Crippen LogP contribution in [0.5, 0.6) is 0 Å². The van der Waals surface area contributed by atoms with Gasteiger partial charge in [-0.1, -0.05) is 42.5 Å². The lowest BCUT2D eigenvalue weighted by molar-refractivity contribution is -0.117. The van der Waals surface area contributed by atoms with Crippen LogP contribution >= 0.6 is 0 Å². The van der Waals surface area contributed by atoms with Crippen LogP contribution in [0.15, 0.2) is 90.3 Å². The third-order valence-electron chi connectivity index (χ3n) is 6.67. The first-order valence-electron chi connectivity index (χ1n) is 13.2. The summed E-state index contributed by atoms with van der Waals surface area (Å²) >= 11 is 0. The van der Waals surface area contributed by atoms with Gasteiger partial charge in [-0.2, -0.15) is 5.10 Å². The number of fused-ring (bicyclic) bond motifs is 2. The van der Waals surface area contributed by atoms with Gasteiger partial charge >= 0.3 is 0 Å². The molecule has 3 aromatic heterocycles. The van der Waals surface area contributed by atoms with E-state index in [0.29, 0.717) is 40.2 Å². The van der Waals surface area contributed by atoms with Crippen LogP contribution in [0.25, 0.3) is 16.9 Å². The van der Waals surface area contributed by atoms with Crippen molar-refractivity contribution in [3.8, 4) is 11.3 Å². The Kier molecular flexibility index (Phi) is 6.79. The van der Waals surface area contributed by atoms with Gasteiger partial charge in [0.15, 0.2) is 5.65 Å². The topological polar surface area (TPSA) is 134 Å². The molecule has 4 heterocycles. The van der Waals surface area contributed by atoms with E-state index in [4.69, 9.17) is 0 Å². The molecule has 1 atom stereocenters. The van der Waals surface area contributed by atoms with E-state index in [1.165, 1.54) is 22.8 Å². The Balaban J connectivity index is 1.40. The summed E-state index contributed by atoms with van der Waals surface area (Å²) in [5, 5.41) is 20.0. The number of benzene rings is 2. The molecule has 42 heavy (non-hydrogen) atoms. The molecule has 0 saturated heterocycles. The lowest BCUT2D eigenvalue weighted by atomic mass is 10.0. The molecule has 0 unspecified atom stereocenters. The number of halogens is 1. The largest absolute Gasteiger partial charge is 0.390 e. The maximum absolute atomic E-state index is 14.9. The van der Waals surface area contributed by atoms with Crippen molar-refractivity contribution in [2.75, 3.05) is 5.32 Å². The van der Waals surface area contributed by atoms with Gasteiger partial charge in [0.05, 0.1) is 17.0 Å². The minimum Gasteiger partial charge on any atom is -0.390 e. The standard InChI is InChI=1S/C31H26FN7O3/c1-31(2,42)16-20-13-12-19(17-34-20)25-23(28-33-14-7-15-39(28)38-25)29(40)37-27-30(41)36-26-21(10-6-11-22(26)32)24(35-27)18-8-4-3-5-9-18/h3-15,17,27,42H,16H2,1-2H3,(H,36,41)(H,37,40)/t27-/m1/s1. The number of hydrogen-bond acceptors (Lipinski definition) is 7. The average molecular weight is 564 g/mol. The molecule has 6 rings (SSSR count). The zero-order valence-electron chi connectivity index (χ0n) is 22.7. The predicted octanol–water partition coefficient (Wildman–Crippen LogP) is 3.79. The van der Waals surface area contributed by atoms with E-state index >= 15 is 0 Å². The highest BCUT2D eigenvalue weighted by Crippen LogP contribution is 2.28. The molecule has 0 bridgehead atoms. The van der Waals surface area contributed by atoms with Gasteiger partial charge in [0, 0.05) is 47.4 Å². The summed E-state index contributed by atoms with van der Waals surface area (Å²) in [5.41, 5.74) is 2.32. The number of anilines is 1. The number of carbonyl (C=O) groups is 2. The van der Waals surface area contributed by atoms with Crippen molar-refractivity contribution < 1.29 is 19.1 Å². The smallest absolute Gasteiger partial charge is 0.269 e. The van der Waals surface area contributed by atoms with Crippen LogP contribution in [0.1, 0.15) is 41.0 Å². The van der Waals surface area contributed by atoms with Crippen molar-refractivity contribution in [1.82, 2.24) is 24.9 Å². The first-order chi connectivity index (χ1) is 20.2. The normalized spacial score (nSPS) is 15.0. The fraction of sp³-hybridized carbons (Fsp3) is 0.161. The Hall–Kier alpha value is -5.29. The van der Waals surface area contributed by atoms with Crippen molar-refractivity contribution in [1.29, 1.82) is 0 Å². The first-order valence-corrected chi connectivity index (χ1v) is 13.2. The molecule has 0 aliphatic carbocycles. The van der Waals surface area contributed by atoms with Gasteiger partial charge in [-0.05, 0) is 38.1 Å². The summed E-state index contributed by atoms with van der Waals surface area (Å²) in [5.74, 6) is -1.97. The summed E-state index contributed by atoms with van der Waals surface area (Å²) in [6.45, 7) is 3.39. The predicted molar refractivity (Wildman–Crippen MR) is 155 cm³/mol. The number of nitrogens with zero attached hydrogens (tertiary/aromatic N) is 5. The summed E-state index contributed by atoms with van der Waals surface area (Å²) in [6.07, 6.45) is 3.71.